The lowest BCUT2D eigenvalue weighted by Gasteiger charge is -2.14. The highest BCUT2D eigenvalue weighted by Crippen LogP contribution is 2.17. The predicted octanol–water partition coefficient (Wildman–Crippen LogP) is 2.19. The van der Waals surface area contributed by atoms with Crippen LogP contribution in [0.5, 0.6) is 0 Å². The molecule has 0 saturated carbocycles. The van der Waals surface area contributed by atoms with Crippen LogP contribution in [-0.4, -0.2) is 16.0 Å². The first-order chi connectivity index (χ1) is 9.54. The molecule has 0 aliphatic heterocycles. The third-order valence-electron chi connectivity index (χ3n) is 2.84. The van der Waals surface area contributed by atoms with Gasteiger partial charge in [-0.15, -0.1) is 0 Å². The number of amides is 1. The SMILES string of the molecule is CC(=O)Nc1cccc(C(C)NCc2nc(C)no2)c1. The number of aromatic nitrogens is 2. The van der Waals surface area contributed by atoms with Crippen LogP contribution in [0, 0.1) is 6.92 Å². The van der Waals surface area contributed by atoms with Crippen molar-refractivity contribution in [3.63, 3.8) is 0 Å². The maximum absolute atomic E-state index is 11.1. The van der Waals surface area contributed by atoms with Gasteiger partial charge in [0.15, 0.2) is 5.82 Å². The normalized spacial score (nSPS) is 12.2. The highest BCUT2D eigenvalue weighted by Gasteiger charge is 2.08. The van der Waals surface area contributed by atoms with E-state index < -0.39 is 0 Å². The summed E-state index contributed by atoms with van der Waals surface area (Å²) in [5.41, 5.74) is 1.87. The summed E-state index contributed by atoms with van der Waals surface area (Å²) in [6, 6.07) is 7.82. The molecule has 106 valence electrons. The van der Waals surface area contributed by atoms with Crippen LogP contribution >= 0.6 is 0 Å². The van der Waals surface area contributed by atoms with Gasteiger partial charge in [0.25, 0.3) is 0 Å². The number of benzene rings is 1. The van der Waals surface area contributed by atoms with Crippen molar-refractivity contribution in [2.75, 3.05) is 5.32 Å². The fourth-order valence-electron chi connectivity index (χ4n) is 1.86. The van der Waals surface area contributed by atoms with Gasteiger partial charge in [0.2, 0.25) is 11.8 Å². The zero-order valence-corrected chi connectivity index (χ0v) is 11.8. The standard InChI is InChI=1S/C14H18N4O2/c1-9(15-8-14-16-10(2)18-20-14)12-5-4-6-13(7-12)17-11(3)19/h4-7,9,15H,8H2,1-3H3,(H,17,19). The summed E-state index contributed by atoms with van der Waals surface area (Å²) in [6.45, 7) is 5.82. The smallest absolute Gasteiger partial charge is 0.240 e. The lowest BCUT2D eigenvalue weighted by Crippen LogP contribution is -2.18. The van der Waals surface area contributed by atoms with Crippen LogP contribution in [0.3, 0.4) is 0 Å². The number of anilines is 1. The second-order valence-corrected chi connectivity index (χ2v) is 4.64. The lowest BCUT2D eigenvalue weighted by atomic mass is 10.1. The van der Waals surface area contributed by atoms with Crippen molar-refractivity contribution in [3.05, 3.63) is 41.5 Å². The van der Waals surface area contributed by atoms with Crippen molar-refractivity contribution < 1.29 is 9.32 Å². The number of rotatable bonds is 5. The zero-order valence-electron chi connectivity index (χ0n) is 11.8. The molecule has 6 nitrogen and oxygen atoms in total. The lowest BCUT2D eigenvalue weighted by molar-refractivity contribution is -0.114. The van der Waals surface area contributed by atoms with E-state index in [4.69, 9.17) is 4.52 Å². The minimum Gasteiger partial charge on any atom is -0.338 e. The number of hydrogen-bond donors (Lipinski definition) is 2. The first kappa shape index (κ1) is 14.2. The fraction of sp³-hybridized carbons (Fsp3) is 0.357. The Morgan fingerprint density at radius 2 is 2.25 bits per heavy atom. The molecule has 0 aliphatic carbocycles. The molecule has 20 heavy (non-hydrogen) atoms. The minimum absolute atomic E-state index is 0.0795. The summed E-state index contributed by atoms with van der Waals surface area (Å²) in [4.78, 5) is 15.2. The molecule has 1 heterocycles. The van der Waals surface area contributed by atoms with Gasteiger partial charge in [0.05, 0.1) is 6.54 Å². The van der Waals surface area contributed by atoms with Crippen molar-refractivity contribution in [1.29, 1.82) is 0 Å². The van der Waals surface area contributed by atoms with Crippen LogP contribution in [0.2, 0.25) is 0 Å². The molecule has 1 aromatic heterocycles. The molecule has 0 saturated heterocycles. The number of nitrogens with one attached hydrogen (secondary N) is 2. The molecule has 6 heteroatoms. The molecule has 1 unspecified atom stereocenters. The van der Waals surface area contributed by atoms with Crippen LogP contribution in [0.4, 0.5) is 5.69 Å². The van der Waals surface area contributed by atoms with Crippen molar-refractivity contribution in [3.8, 4) is 0 Å². The average molecular weight is 274 g/mol. The van der Waals surface area contributed by atoms with Gasteiger partial charge in [0.1, 0.15) is 0 Å². The molecule has 1 amide bonds. The van der Waals surface area contributed by atoms with Gasteiger partial charge < -0.3 is 15.2 Å². The largest absolute Gasteiger partial charge is 0.338 e. The van der Waals surface area contributed by atoms with Gasteiger partial charge in [-0.3, -0.25) is 4.79 Å². The van der Waals surface area contributed by atoms with E-state index in [9.17, 15) is 4.79 Å². The number of carbonyl (C=O) groups excluding carboxylic acids is 1. The minimum atomic E-state index is -0.0795. The summed E-state index contributed by atoms with van der Waals surface area (Å²) in [5, 5.41) is 9.81. The van der Waals surface area contributed by atoms with Crippen molar-refractivity contribution in [2.24, 2.45) is 0 Å². The average Bonchev–Trinajstić information content (AvgIpc) is 2.81. The topological polar surface area (TPSA) is 80.0 Å². The maximum atomic E-state index is 11.1. The van der Waals surface area contributed by atoms with E-state index in [2.05, 4.69) is 20.8 Å². The van der Waals surface area contributed by atoms with Crippen LogP contribution in [0.15, 0.2) is 28.8 Å². The summed E-state index contributed by atoms with van der Waals surface area (Å²) in [7, 11) is 0. The van der Waals surface area contributed by atoms with Gasteiger partial charge >= 0.3 is 0 Å². The predicted molar refractivity (Wildman–Crippen MR) is 75.0 cm³/mol. The highest BCUT2D eigenvalue weighted by atomic mass is 16.5. The second kappa shape index (κ2) is 6.29. The number of hydrogen-bond acceptors (Lipinski definition) is 5. The third-order valence-corrected chi connectivity index (χ3v) is 2.84. The first-order valence-corrected chi connectivity index (χ1v) is 6.44. The van der Waals surface area contributed by atoms with E-state index >= 15 is 0 Å². The van der Waals surface area contributed by atoms with Crippen LogP contribution in [-0.2, 0) is 11.3 Å². The Morgan fingerprint density at radius 3 is 2.90 bits per heavy atom. The fourth-order valence-corrected chi connectivity index (χ4v) is 1.86. The van der Waals surface area contributed by atoms with Crippen molar-refractivity contribution in [2.45, 2.75) is 33.4 Å². The molecule has 0 radical (unpaired) electrons. The van der Waals surface area contributed by atoms with E-state index in [0.717, 1.165) is 11.3 Å². The molecule has 0 aliphatic rings. The van der Waals surface area contributed by atoms with E-state index in [1.165, 1.54) is 6.92 Å². The van der Waals surface area contributed by atoms with Crippen LogP contribution in [0.1, 0.15) is 37.2 Å². The summed E-state index contributed by atoms with van der Waals surface area (Å²) < 4.78 is 5.05. The molecule has 0 bridgehead atoms. The Labute approximate surface area is 117 Å². The Kier molecular flexibility index (Phi) is 4.47. The summed E-state index contributed by atoms with van der Waals surface area (Å²) >= 11 is 0. The first-order valence-electron chi connectivity index (χ1n) is 6.44. The Balaban J connectivity index is 1.97. The van der Waals surface area contributed by atoms with Crippen LogP contribution < -0.4 is 10.6 Å². The van der Waals surface area contributed by atoms with Gasteiger partial charge in [-0.25, -0.2) is 0 Å². The monoisotopic (exact) mass is 274 g/mol. The van der Waals surface area contributed by atoms with E-state index in [1.807, 2.05) is 31.2 Å². The van der Waals surface area contributed by atoms with Gasteiger partial charge in [0, 0.05) is 18.7 Å². The molecule has 0 spiro atoms. The number of carbonyl (C=O) groups is 1. The van der Waals surface area contributed by atoms with E-state index in [1.54, 1.807) is 6.92 Å². The molecule has 1 atom stereocenters. The highest BCUT2D eigenvalue weighted by molar-refractivity contribution is 5.88. The Hall–Kier alpha value is -2.21. The molecule has 2 aromatic rings. The summed E-state index contributed by atoms with van der Waals surface area (Å²) in [6.07, 6.45) is 0. The summed E-state index contributed by atoms with van der Waals surface area (Å²) in [5.74, 6) is 1.11. The van der Waals surface area contributed by atoms with Gasteiger partial charge in [-0.05, 0) is 31.5 Å². The quantitative estimate of drug-likeness (QED) is 0.873. The molecule has 2 N–H and O–H groups in total. The number of nitrogens with zero attached hydrogens (tertiary/aromatic N) is 2. The molecular weight excluding hydrogens is 256 g/mol. The van der Waals surface area contributed by atoms with Crippen LogP contribution in [0.25, 0.3) is 0 Å². The van der Waals surface area contributed by atoms with E-state index in [0.29, 0.717) is 18.3 Å². The van der Waals surface area contributed by atoms with Gasteiger partial charge in [-0.1, -0.05) is 17.3 Å². The van der Waals surface area contributed by atoms with Gasteiger partial charge in [-0.2, -0.15) is 4.98 Å². The molecule has 0 fully saturated rings. The maximum Gasteiger partial charge on any atom is 0.240 e. The molecular formula is C14H18N4O2. The Morgan fingerprint density at radius 1 is 1.45 bits per heavy atom. The van der Waals surface area contributed by atoms with Crippen molar-refractivity contribution in [1.82, 2.24) is 15.5 Å². The number of aryl methyl sites for hydroxylation is 1. The third kappa shape index (κ3) is 3.89. The zero-order chi connectivity index (χ0) is 14.5. The van der Waals surface area contributed by atoms with Crippen molar-refractivity contribution >= 4 is 11.6 Å². The molecule has 2 rings (SSSR count). The van der Waals surface area contributed by atoms with E-state index in [-0.39, 0.29) is 11.9 Å². The Bertz CT molecular complexity index is 594. The second-order valence-electron chi connectivity index (χ2n) is 4.64. The molecule has 1 aromatic carbocycles.